The van der Waals surface area contributed by atoms with Crippen LogP contribution in [-0.4, -0.2) is 24.8 Å². The zero-order valence-electron chi connectivity index (χ0n) is 12.6. The van der Waals surface area contributed by atoms with E-state index in [0.717, 1.165) is 35.4 Å². The standard InChI is InChI=1S/C17H16N2O3S/c1-23(20,21)16-9-6-14(7-10-16)17-4-2-3-15(19-17)8-5-13-11-18-22-12-13/h2-4,6-7,9-12H,5,8H2,1H3. The lowest BCUT2D eigenvalue weighted by Crippen LogP contribution is -1.97. The van der Waals surface area contributed by atoms with Crippen molar-refractivity contribution < 1.29 is 12.9 Å². The van der Waals surface area contributed by atoms with Gasteiger partial charge in [0, 0.05) is 23.1 Å². The number of aryl methyl sites for hydroxylation is 2. The summed E-state index contributed by atoms with van der Waals surface area (Å²) in [6.07, 6.45) is 6.14. The molecule has 3 rings (SSSR count). The van der Waals surface area contributed by atoms with Crippen LogP contribution in [0.2, 0.25) is 0 Å². The molecule has 5 nitrogen and oxygen atoms in total. The van der Waals surface area contributed by atoms with Gasteiger partial charge in [-0.2, -0.15) is 0 Å². The summed E-state index contributed by atoms with van der Waals surface area (Å²) < 4.78 is 27.8. The quantitative estimate of drug-likeness (QED) is 0.720. The Morgan fingerprint density at radius 3 is 2.48 bits per heavy atom. The van der Waals surface area contributed by atoms with Crippen molar-refractivity contribution in [3.63, 3.8) is 0 Å². The summed E-state index contributed by atoms with van der Waals surface area (Å²) in [5.41, 5.74) is 3.72. The summed E-state index contributed by atoms with van der Waals surface area (Å²) >= 11 is 0. The lowest BCUT2D eigenvalue weighted by atomic mass is 10.1. The van der Waals surface area contributed by atoms with Crippen LogP contribution in [0, 0.1) is 0 Å². The van der Waals surface area contributed by atoms with Gasteiger partial charge >= 0.3 is 0 Å². The molecule has 118 valence electrons. The zero-order chi connectivity index (χ0) is 16.3. The first-order chi connectivity index (χ1) is 11.0. The Kier molecular flexibility index (Phi) is 4.25. The fraction of sp³-hybridized carbons (Fsp3) is 0.176. The highest BCUT2D eigenvalue weighted by Crippen LogP contribution is 2.20. The molecule has 0 N–H and O–H groups in total. The van der Waals surface area contributed by atoms with Crippen LogP contribution in [0.4, 0.5) is 0 Å². The topological polar surface area (TPSA) is 73.1 Å². The number of aromatic nitrogens is 2. The minimum Gasteiger partial charge on any atom is -0.364 e. The van der Waals surface area contributed by atoms with E-state index in [-0.39, 0.29) is 0 Å². The van der Waals surface area contributed by atoms with Crippen LogP contribution in [0.1, 0.15) is 11.3 Å². The van der Waals surface area contributed by atoms with Crippen LogP contribution in [0.25, 0.3) is 11.3 Å². The third-order valence-corrected chi connectivity index (χ3v) is 4.67. The lowest BCUT2D eigenvalue weighted by molar-refractivity contribution is 0.419. The Morgan fingerprint density at radius 2 is 1.83 bits per heavy atom. The minimum absolute atomic E-state index is 0.310. The summed E-state index contributed by atoms with van der Waals surface area (Å²) in [4.78, 5) is 4.94. The molecule has 2 aromatic heterocycles. The Hall–Kier alpha value is -2.47. The molecular formula is C17H16N2O3S. The van der Waals surface area contributed by atoms with E-state index in [1.807, 2.05) is 18.2 Å². The molecule has 2 heterocycles. The van der Waals surface area contributed by atoms with Crippen molar-refractivity contribution in [2.75, 3.05) is 6.26 Å². The second-order valence-corrected chi connectivity index (χ2v) is 7.36. The van der Waals surface area contributed by atoms with Crippen LogP contribution < -0.4 is 0 Å². The van der Waals surface area contributed by atoms with Crippen LogP contribution >= 0.6 is 0 Å². The van der Waals surface area contributed by atoms with E-state index in [0.29, 0.717) is 4.90 Å². The highest BCUT2D eigenvalue weighted by molar-refractivity contribution is 7.90. The van der Waals surface area contributed by atoms with Crippen molar-refractivity contribution in [3.8, 4) is 11.3 Å². The van der Waals surface area contributed by atoms with Gasteiger partial charge in [-0.1, -0.05) is 23.4 Å². The molecule has 0 saturated carbocycles. The number of hydrogen-bond donors (Lipinski definition) is 0. The van der Waals surface area contributed by atoms with E-state index in [2.05, 4.69) is 10.1 Å². The molecule has 0 spiro atoms. The summed E-state index contributed by atoms with van der Waals surface area (Å²) in [6.45, 7) is 0. The number of sulfone groups is 1. The zero-order valence-corrected chi connectivity index (χ0v) is 13.5. The van der Waals surface area contributed by atoms with Crippen LogP contribution in [0.15, 0.2) is 64.3 Å². The van der Waals surface area contributed by atoms with Gasteiger partial charge < -0.3 is 4.52 Å². The first-order valence-corrected chi connectivity index (χ1v) is 9.06. The molecule has 0 bridgehead atoms. The van der Waals surface area contributed by atoms with Crippen molar-refractivity contribution in [2.24, 2.45) is 0 Å². The highest BCUT2D eigenvalue weighted by atomic mass is 32.2. The second kappa shape index (κ2) is 6.34. The second-order valence-electron chi connectivity index (χ2n) is 5.34. The average molecular weight is 328 g/mol. The van der Waals surface area contributed by atoms with Crippen LogP contribution in [0.5, 0.6) is 0 Å². The normalized spacial score (nSPS) is 11.5. The summed E-state index contributed by atoms with van der Waals surface area (Å²) in [5, 5.41) is 3.68. The summed E-state index contributed by atoms with van der Waals surface area (Å²) in [5.74, 6) is 0. The van der Waals surface area contributed by atoms with Crippen LogP contribution in [-0.2, 0) is 22.7 Å². The maximum absolute atomic E-state index is 11.5. The third-order valence-electron chi connectivity index (χ3n) is 3.54. The fourth-order valence-corrected chi connectivity index (χ4v) is 2.91. The SMILES string of the molecule is CS(=O)(=O)c1ccc(-c2cccc(CCc3cnoc3)n2)cc1. The van der Waals surface area contributed by atoms with Gasteiger partial charge in [-0.05, 0) is 37.1 Å². The largest absolute Gasteiger partial charge is 0.364 e. The molecular weight excluding hydrogens is 312 g/mol. The third kappa shape index (κ3) is 3.84. The van der Waals surface area contributed by atoms with Gasteiger partial charge in [-0.15, -0.1) is 0 Å². The molecule has 0 aliphatic rings. The van der Waals surface area contributed by atoms with Gasteiger partial charge in [0.2, 0.25) is 0 Å². The first kappa shape index (κ1) is 15.4. The van der Waals surface area contributed by atoms with Crippen LogP contribution in [0.3, 0.4) is 0 Å². The minimum atomic E-state index is -3.18. The van der Waals surface area contributed by atoms with Gasteiger partial charge in [0.25, 0.3) is 0 Å². The van der Waals surface area contributed by atoms with E-state index in [1.54, 1.807) is 36.7 Å². The molecule has 0 fully saturated rings. The van der Waals surface area contributed by atoms with E-state index < -0.39 is 9.84 Å². The van der Waals surface area contributed by atoms with Gasteiger partial charge in [0.1, 0.15) is 6.26 Å². The fourth-order valence-electron chi connectivity index (χ4n) is 2.28. The molecule has 0 radical (unpaired) electrons. The molecule has 23 heavy (non-hydrogen) atoms. The van der Waals surface area contributed by atoms with Gasteiger partial charge in [0.15, 0.2) is 9.84 Å². The molecule has 0 atom stereocenters. The molecule has 0 aliphatic carbocycles. The Morgan fingerprint density at radius 1 is 1.04 bits per heavy atom. The molecule has 0 aliphatic heterocycles. The monoisotopic (exact) mass is 328 g/mol. The maximum atomic E-state index is 11.5. The predicted octanol–water partition coefficient (Wildman–Crippen LogP) is 2.93. The Labute approximate surface area is 134 Å². The molecule has 1 aromatic carbocycles. The molecule has 3 aromatic rings. The van der Waals surface area contributed by atoms with Gasteiger partial charge in [-0.25, -0.2) is 8.42 Å². The van der Waals surface area contributed by atoms with E-state index >= 15 is 0 Å². The van der Waals surface area contributed by atoms with Crippen molar-refractivity contribution in [3.05, 3.63) is 66.2 Å². The maximum Gasteiger partial charge on any atom is 0.175 e. The van der Waals surface area contributed by atoms with Gasteiger partial charge in [0.05, 0.1) is 16.8 Å². The average Bonchev–Trinajstić information content (AvgIpc) is 3.06. The van der Waals surface area contributed by atoms with Crippen molar-refractivity contribution >= 4 is 9.84 Å². The van der Waals surface area contributed by atoms with Crippen molar-refractivity contribution in [2.45, 2.75) is 17.7 Å². The molecule has 0 unspecified atom stereocenters. The molecule has 0 amide bonds. The van der Waals surface area contributed by atoms with E-state index in [1.165, 1.54) is 6.26 Å². The number of rotatable bonds is 5. The highest BCUT2D eigenvalue weighted by Gasteiger charge is 2.08. The van der Waals surface area contributed by atoms with Crippen molar-refractivity contribution in [1.82, 2.24) is 10.1 Å². The van der Waals surface area contributed by atoms with E-state index in [9.17, 15) is 8.42 Å². The van der Waals surface area contributed by atoms with Gasteiger partial charge in [-0.3, -0.25) is 4.98 Å². The Bertz CT molecular complexity index is 886. The van der Waals surface area contributed by atoms with E-state index in [4.69, 9.17) is 4.52 Å². The Balaban J connectivity index is 1.79. The number of benzene rings is 1. The smallest absolute Gasteiger partial charge is 0.175 e. The summed E-state index contributed by atoms with van der Waals surface area (Å²) in [7, 11) is -3.18. The number of nitrogens with zero attached hydrogens (tertiary/aromatic N) is 2. The predicted molar refractivity (Wildman–Crippen MR) is 86.7 cm³/mol. The first-order valence-electron chi connectivity index (χ1n) is 7.17. The van der Waals surface area contributed by atoms with Crippen molar-refractivity contribution in [1.29, 1.82) is 0 Å². The number of pyridine rings is 1. The summed E-state index contributed by atoms with van der Waals surface area (Å²) in [6, 6.07) is 12.6. The molecule has 0 saturated heterocycles. The molecule has 6 heteroatoms. The number of hydrogen-bond acceptors (Lipinski definition) is 5. The lowest BCUT2D eigenvalue weighted by Gasteiger charge is -2.05.